The van der Waals surface area contributed by atoms with E-state index in [1.165, 1.54) is 27.8 Å². The minimum Gasteiger partial charge on any atom is -0.357 e. The minimum atomic E-state index is -0.272. The summed E-state index contributed by atoms with van der Waals surface area (Å²) >= 11 is 0. The minimum absolute atomic E-state index is 0.272. The van der Waals surface area contributed by atoms with Gasteiger partial charge in [-0.15, -0.1) is 0 Å². The predicted octanol–water partition coefficient (Wildman–Crippen LogP) is 5.27. The van der Waals surface area contributed by atoms with Crippen LogP contribution in [0.1, 0.15) is 48.6 Å². The van der Waals surface area contributed by atoms with Gasteiger partial charge in [0.05, 0.1) is 11.2 Å². The molecule has 1 aromatic carbocycles. The van der Waals surface area contributed by atoms with Gasteiger partial charge >= 0.3 is 0 Å². The molecule has 0 radical (unpaired) electrons. The molecule has 1 aromatic heterocycles. The first kappa shape index (κ1) is 17.7. The summed E-state index contributed by atoms with van der Waals surface area (Å²) in [5.74, 6) is 1.43. The molecule has 1 aliphatic heterocycles. The summed E-state index contributed by atoms with van der Waals surface area (Å²) in [6, 6.07) is 6.80. The molecule has 0 saturated heterocycles. The Morgan fingerprint density at radius 1 is 1.12 bits per heavy atom. The number of pyridine rings is 1. The highest BCUT2D eigenvalue weighted by Crippen LogP contribution is 2.41. The molecule has 0 N–H and O–H groups in total. The summed E-state index contributed by atoms with van der Waals surface area (Å²) in [7, 11) is 2.15. The third-order valence-corrected chi connectivity index (χ3v) is 5.40. The summed E-state index contributed by atoms with van der Waals surface area (Å²) in [6.07, 6.45) is 5.05. The van der Waals surface area contributed by atoms with Crippen LogP contribution in [0, 0.1) is 26.7 Å². The molecule has 3 rings (SSSR count). The van der Waals surface area contributed by atoms with Crippen molar-refractivity contribution in [1.82, 2.24) is 4.98 Å². The molecule has 2 heterocycles. The van der Waals surface area contributed by atoms with Crippen molar-refractivity contribution in [3.8, 4) is 0 Å². The molecule has 3 nitrogen and oxygen atoms in total. The number of rotatable bonds is 3. The number of aliphatic imine (C=N–C) groups is 1. The Hall–Kier alpha value is -2.16. The van der Waals surface area contributed by atoms with Crippen LogP contribution in [-0.4, -0.2) is 18.2 Å². The van der Waals surface area contributed by atoms with Crippen LogP contribution in [0.4, 0.5) is 11.5 Å². The second-order valence-corrected chi connectivity index (χ2v) is 8.00. The number of aromatic nitrogens is 1. The smallest absolute Gasteiger partial charge is 0.175 e. The normalized spacial score (nSPS) is 19.4. The molecule has 0 bridgehead atoms. The van der Waals surface area contributed by atoms with Crippen molar-refractivity contribution in [1.29, 1.82) is 0 Å². The maximum atomic E-state index is 4.72. The van der Waals surface area contributed by atoms with Crippen LogP contribution < -0.4 is 4.90 Å². The van der Waals surface area contributed by atoms with E-state index in [-0.39, 0.29) is 5.54 Å². The number of nitrogens with zero attached hydrogens (tertiary/aromatic N) is 3. The van der Waals surface area contributed by atoms with Crippen LogP contribution >= 0.6 is 0 Å². The lowest BCUT2D eigenvalue weighted by Crippen LogP contribution is -2.45. The molecular weight excluding hydrogens is 306 g/mol. The fraction of sp³-hybridized carbons (Fsp3) is 0.455. The lowest BCUT2D eigenvalue weighted by atomic mass is 9.84. The van der Waals surface area contributed by atoms with E-state index < -0.39 is 0 Å². The second-order valence-electron chi connectivity index (χ2n) is 8.00. The maximum Gasteiger partial charge on any atom is 0.175 e. The van der Waals surface area contributed by atoms with Crippen LogP contribution in [0.25, 0.3) is 0 Å². The lowest BCUT2D eigenvalue weighted by Gasteiger charge is -2.42. The van der Waals surface area contributed by atoms with E-state index in [1.807, 2.05) is 12.4 Å². The zero-order valence-corrected chi connectivity index (χ0v) is 16.5. The van der Waals surface area contributed by atoms with Gasteiger partial charge in [-0.05, 0) is 68.4 Å². The summed E-state index contributed by atoms with van der Waals surface area (Å²) < 4.78 is 0. The van der Waals surface area contributed by atoms with Crippen LogP contribution in [-0.2, 0) is 12.0 Å². The van der Waals surface area contributed by atoms with E-state index in [0.29, 0.717) is 5.92 Å². The van der Waals surface area contributed by atoms with Crippen molar-refractivity contribution in [2.24, 2.45) is 10.9 Å². The highest BCUT2D eigenvalue weighted by molar-refractivity contribution is 5.87. The molecule has 1 atom stereocenters. The van der Waals surface area contributed by atoms with Gasteiger partial charge in [-0.2, -0.15) is 0 Å². The monoisotopic (exact) mass is 335 g/mol. The average molecular weight is 335 g/mol. The van der Waals surface area contributed by atoms with E-state index in [2.05, 4.69) is 76.7 Å². The quantitative estimate of drug-likeness (QED) is 0.764. The zero-order valence-electron chi connectivity index (χ0n) is 16.5. The first-order valence-corrected chi connectivity index (χ1v) is 9.08. The Labute approximate surface area is 151 Å². The number of fused-ring (bicyclic) bond motifs is 1. The summed E-state index contributed by atoms with van der Waals surface area (Å²) in [6.45, 7) is 13.3. The summed E-state index contributed by atoms with van der Waals surface area (Å²) in [5, 5.41) is 0. The number of hydrogen-bond donors (Lipinski definition) is 0. The highest BCUT2D eigenvalue weighted by atomic mass is 15.2. The standard InChI is InChI=1S/C22H29N3/c1-14(2)8-18-11-20-21(23-12-18)24-13-22(6,25(20)7)19-10-15(3)9-16(4)17(19)5/h9-14H,8H2,1-7H3. The van der Waals surface area contributed by atoms with E-state index in [1.54, 1.807) is 0 Å². The van der Waals surface area contributed by atoms with Crippen molar-refractivity contribution >= 4 is 17.7 Å². The van der Waals surface area contributed by atoms with Gasteiger partial charge in [0, 0.05) is 19.5 Å². The van der Waals surface area contributed by atoms with Gasteiger partial charge < -0.3 is 4.90 Å². The van der Waals surface area contributed by atoms with Gasteiger partial charge in [-0.3, -0.25) is 0 Å². The topological polar surface area (TPSA) is 28.5 Å². The Bertz CT molecular complexity index is 835. The zero-order chi connectivity index (χ0) is 18.4. The molecule has 25 heavy (non-hydrogen) atoms. The van der Waals surface area contributed by atoms with Crippen LogP contribution in [0.15, 0.2) is 29.4 Å². The second kappa shape index (κ2) is 6.29. The van der Waals surface area contributed by atoms with E-state index in [4.69, 9.17) is 4.99 Å². The molecule has 0 spiro atoms. The average Bonchev–Trinajstić information content (AvgIpc) is 2.54. The molecule has 1 unspecified atom stereocenters. The van der Waals surface area contributed by atoms with Crippen molar-refractivity contribution in [2.75, 3.05) is 11.9 Å². The highest BCUT2D eigenvalue weighted by Gasteiger charge is 2.36. The molecular formula is C22H29N3. The lowest BCUT2D eigenvalue weighted by molar-refractivity contribution is 0.616. The van der Waals surface area contributed by atoms with E-state index >= 15 is 0 Å². The Balaban J connectivity index is 2.10. The van der Waals surface area contributed by atoms with Crippen molar-refractivity contribution in [3.63, 3.8) is 0 Å². The Kier molecular flexibility index (Phi) is 4.44. The molecule has 3 heteroatoms. The van der Waals surface area contributed by atoms with E-state index in [9.17, 15) is 0 Å². The summed E-state index contributed by atoms with van der Waals surface area (Å²) in [5.41, 5.74) is 7.39. The Morgan fingerprint density at radius 2 is 1.84 bits per heavy atom. The van der Waals surface area contributed by atoms with E-state index in [0.717, 1.165) is 17.9 Å². The predicted molar refractivity (Wildman–Crippen MR) is 107 cm³/mol. The molecule has 0 saturated carbocycles. The van der Waals surface area contributed by atoms with Gasteiger partial charge in [0.2, 0.25) is 0 Å². The number of anilines is 1. The van der Waals surface area contributed by atoms with Gasteiger partial charge in [0.15, 0.2) is 5.82 Å². The number of aryl methyl sites for hydroxylation is 2. The van der Waals surface area contributed by atoms with Crippen LogP contribution in [0.2, 0.25) is 0 Å². The van der Waals surface area contributed by atoms with Gasteiger partial charge in [0.25, 0.3) is 0 Å². The third-order valence-electron chi connectivity index (χ3n) is 5.40. The summed E-state index contributed by atoms with van der Waals surface area (Å²) in [4.78, 5) is 11.6. The van der Waals surface area contributed by atoms with Gasteiger partial charge in [0.1, 0.15) is 0 Å². The van der Waals surface area contributed by atoms with Crippen LogP contribution in [0.5, 0.6) is 0 Å². The van der Waals surface area contributed by atoms with Gasteiger partial charge in [-0.1, -0.05) is 31.5 Å². The molecule has 2 aromatic rings. The maximum absolute atomic E-state index is 4.72. The SMILES string of the molecule is Cc1cc(C)c(C)c(C2(C)C=Nc3ncc(CC(C)C)cc3N2C)c1. The van der Waals surface area contributed by atoms with Gasteiger partial charge in [-0.25, -0.2) is 9.98 Å². The third kappa shape index (κ3) is 3.08. The van der Waals surface area contributed by atoms with Crippen LogP contribution in [0.3, 0.4) is 0 Å². The molecule has 1 aliphatic rings. The molecule has 0 fully saturated rings. The van der Waals surface area contributed by atoms with Crippen molar-refractivity contribution in [2.45, 2.75) is 53.5 Å². The van der Waals surface area contributed by atoms with Crippen molar-refractivity contribution in [3.05, 3.63) is 52.2 Å². The number of hydrogen-bond acceptors (Lipinski definition) is 3. The first-order valence-electron chi connectivity index (χ1n) is 9.08. The molecule has 0 aliphatic carbocycles. The number of benzene rings is 1. The molecule has 0 amide bonds. The van der Waals surface area contributed by atoms with Crippen molar-refractivity contribution < 1.29 is 0 Å². The Morgan fingerprint density at radius 3 is 2.52 bits per heavy atom. The largest absolute Gasteiger partial charge is 0.357 e. The molecule has 132 valence electrons. The fourth-order valence-corrected chi connectivity index (χ4v) is 3.76. The fourth-order valence-electron chi connectivity index (χ4n) is 3.76. The first-order chi connectivity index (χ1) is 11.7.